The van der Waals surface area contributed by atoms with Crippen LogP contribution >= 0.6 is 0 Å². The fourth-order valence-electron chi connectivity index (χ4n) is 4.10. The lowest BCUT2D eigenvalue weighted by Gasteiger charge is -2.39. The molecule has 1 aromatic rings. The SMILES string of the molecule is O=C(O)C1(CCCc2ccccc2)CCN(CC2CCOC2)CC1. The van der Waals surface area contributed by atoms with Gasteiger partial charge in [-0.1, -0.05) is 30.3 Å². The van der Waals surface area contributed by atoms with Crippen LogP contribution < -0.4 is 0 Å². The maximum Gasteiger partial charge on any atom is 0.309 e. The summed E-state index contributed by atoms with van der Waals surface area (Å²) in [5, 5.41) is 9.82. The van der Waals surface area contributed by atoms with Crippen LogP contribution in [0.5, 0.6) is 0 Å². The molecule has 0 amide bonds. The third kappa shape index (κ3) is 4.37. The zero-order valence-corrected chi connectivity index (χ0v) is 14.5. The number of likely N-dealkylation sites (tertiary alicyclic amines) is 1. The number of rotatable bonds is 7. The fourth-order valence-corrected chi connectivity index (χ4v) is 4.10. The third-order valence-corrected chi connectivity index (χ3v) is 5.77. The van der Waals surface area contributed by atoms with E-state index >= 15 is 0 Å². The maximum absolute atomic E-state index is 11.9. The molecule has 1 atom stereocenters. The van der Waals surface area contributed by atoms with Gasteiger partial charge in [-0.15, -0.1) is 0 Å². The van der Waals surface area contributed by atoms with Gasteiger partial charge in [-0.05, 0) is 63.1 Å². The Morgan fingerprint density at radius 3 is 2.62 bits per heavy atom. The minimum atomic E-state index is -0.598. The van der Waals surface area contributed by atoms with E-state index in [-0.39, 0.29) is 0 Å². The van der Waals surface area contributed by atoms with Crippen molar-refractivity contribution < 1.29 is 14.6 Å². The van der Waals surface area contributed by atoms with E-state index in [2.05, 4.69) is 17.0 Å². The Hall–Kier alpha value is -1.39. The highest BCUT2D eigenvalue weighted by Gasteiger charge is 2.41. The Labute approximate surface area is 144 Å². The molecule has 132 valence electrons. The quantitative estimate of drug-likeness (QED) is 0.833. The van der Waals surface area contributed by atoms with Crippen molar-refractivity contribution in [2.75, 3.05) is 32.8 Å². The number of carboxylic acids is 1. The van der Waals surface area contributed by atoms with Gasteiger partial charge in [0.2, 0.25) is 0 Å². The lowest BCUT2D eigenvalue weighted by Crippen LogP contribution is -2.45. The molecule has 4 nitrogen and oxygen atoms in total. The number of carboxylic acid groups (broad SMARTS) is 1. The monoisotopic (exact) mass is 331 g/mol. The van der Waals surface area contributed by atoms with E-state index in [0.717, 1.165) is 71.4 Å². The minimum Gasteiger partial charge on any atom is -0.481 e. The summed E-state index contributed by atoms with van der Waals surface area (Å²) in [6, 6.07) is 10.4. The molecule has 2 saturated heterocycles. The van der Waals surface area contributed by atoms with Gasteiger partial charge in [0.05, 0.1) is 12.0 Å². The predicted octanol–water partition coefficient (Wildman–Crippen LogP) is 3.21. The van der Waals surface area contributed by atoms with E-state index in [1.807, 2.05) is 18.2 Å². The van der Waals surface area contributed by atoms with Crippen LogP contribution in [0.2, 0.25) is 0 Å². The van der Waals surface area contributed by atoms with Crippen LogP contribution in [0.1, 0.15) is 37.7 Å². The second-order valence-corrected chi connectivity index (χ2v) is 7.45. The molecule has 2 fully saturated rings. The molecule has 0 radical (unpaired) electrons. The van der Waals surface area contributed by atoms with E-state index in [0.29, 0.717) is 5.92 Å². The van der Waals surface area contributed by atoms with Crippen LogP contribution in [0.25, 0.3) is 0 Å². The Kier molecular flexibility index (Phi) is 5.90. The van der Waals surface area contributed by atoms with E-state index in [1.54, 1.807) is 0 Å². The van der Waals surface area contributed by atoms with Gasteiger partial charge in [-0.25, -0.2) is 0 Å². The highest BCUT2D eigenvalue weighted by Crippen LogP contribution is 2.37. The third-order valence-electron chi connectivity index (χ3n) is 5.77. The molecule has 4 heteroatoms. The van der Waals surface area contributed by atoms with Crippen molar-refractivity contribution in [2.45, 2.75) is 38.5 Å². The van der Waals surface area contributed by atoms with Crippen molar-refractivity contribution in [3.05, 3.63) is 35.9 Å². The lowest BCUT2D eigenvalue weighted by molar-refractivity contribution is -0.152. The second-order valence-electron chi connectivity index (χ2n) is 7.45. The second kappa shape index (κ2) is 8.13. The smallest absolute Gasteiger partial charge is 0.309 e. The summed E-state index contributed by atoms with van der Waals surface area (Å²) in [5.41, 5.74) is 0.786. The van der Waals surface area contributed by atoms with Crippen LogP contribution in [0, 0.1) is 11.3 Å². The highest BCUT2D eigenvalue weighted by molar-refractivity contribution is 5.74. The standard InChI is InChI=1S/C20H29NO3/c22-19(23)20(9-4-7-17-5-2-1-3-6-17)10-12-21(13-11-20)15-18-8-14-24-16-18/h1-3,5-6,18H,4,7-16H2,(H,22,23). The first-order valence-corrected chi connectivity index (χ1v) is 9.25. The first kappa shape index (κ1) is 17.4. The number of nitrogens with zero attached hydrogens (tertiary/aromatic N) is 1. The molecule has 0 bridgehead atoms. The van der Waals surface area contributed by atoms with Gasteiger partial charge in [0.1, 0.15) is 0 Å². The summed E-state index contributed by atoms with van der Waals surface area (Å²) in [6.07, 6.45) is 5.43. The summed E-state index contributed by atoms with van der Waals surface area (Å²) in [7, 11) is 0. The van der Waals surface area contributed by atoms with Gasteiger partial charge in [-0.2, -0.15) is 0 Å². The average molecular weight is 331 g/mol. The average Bonchev–Trinajstić information content (AvgIpc) is 3.10. The van der Waals surface area contributed by atoms with Gasteiger partial charge in [0.15, 0.2) is 0 Å². The van der Waals surface area contributed by atoms with E-state index in [1.165, 1.54) is 5.56 Å². The Balaban J connectivity index is 1.48. The Morgan fingerprint density at radius 1 is 1.25 bits per heavy atom. The summed E-state index contributed by atoms with van der Waals surface area (Å²) in [6.45, 7) is 4.65. The summed E-state index contributed by atoms with van der Waals surface area (Å²) in [4.78, 5) is 14.4. The fraction of sp³-hybridized carbons (Fsp3) is 0.650. The van der Waals surface area contributed by atoms with Crippen molar-refractivity contribution in [3.63, 3.8) is 0 Å². The van der Waals surface area contributed by atoms with Crippen LogP contribution in [0.4, 0.5) is 0 Å². The van der Waals surface area contributed by atoms with E-state index < -0.39 is 11.4 Å². The first-order valence-electron chi connectivity index (χ1n) is 9.25. The van der Waals surface area contributed by atoms with Gasteiger partial charge < -0.3 is 14.7 Å². The Bertz CT molecular complexity index is 517. The molecule has 0 saturated carbocycles. The Morgan fingerprint density at radius 2 is 2.00 bits per heavy atom. The molecule has 1 N–H and O–H groups in total. The van der Waals surface area contributed by atoms with Gasteiger partial charge in [0, 0.05) is 13.2 Å². The molecule has 24 heavy (non-hydrogen) atoms. The molecule has 1 unspecified atom stereocenters. The number of carbonyl (C=O) groups is 1. The molecular formula is C20H29NO3. The number of benzene rings is 1. The van der Waals surface area contributed by atoms with Gasteiger partial charge in [0.25, 0.3) is 0 Å². The number of hydrogen-bond acceptors (Lipinski definition) is 3. The molecule has 2 aliphatic heterocycles. The summed E-state index contributed by atoms with van der Waals surface area (Å²) >= 11 is 0. The largest absolute Gasteiger partial charge is 0.481 e. The normalized spacial score (nSPS) is 24.1. The molecule has 2 aliphatic rings. The van der Waals surface area contributed by atoms with Crippen molar-refractivity contribution in [1.82, 2.24) is 4.90 Å². The number of ether oxygens (including phenoxy) is 1. The van der Waals surface area contributed by atoms with E-state index in [9.17, 15) is 9.90 Å². The number of aliphatic carboxylic acids is 1. The molecule has 0 aliphatic carbocycles. The molecule has 3 rings (SSSR count). The van der Waals surface area contributed by atoms with Crippen LogP contribution in [0.15, 0.2) is 30.3 Å². The topological polar surface area (TPSA) is 49.8 Å². The molecule has 0 spiro atoms. The summed E-state index contributed by atoms with van der Waals surface area (Å²) in [5.74, 6) is 0.0415. The first-order chi connectivity index (χ1) is 11.7. The van der Waals surface area contributed by atoms with Gasteiger partial charge in [-0.3, -0.25) is 4.79 Å². The van der Waals surface area contributed by atoms with Gasteiger partial charge >= 0.3 is 5.97 Å². The number of piperidine rings is 1. The van der Waals surface area contributed by atoms with E-state index in [4.69, 9.17) is 4.74 Å². The number of hydrogen-bond donors (Lipinski definition) is 1. The minimum absolute atomic E-state index is 0.516. The molecule has 2 heterocycles. The predicted molar refractivity (Wildman–Crippen MR) is 94.0 cm³/mol. The molecular weight excluding hydrogens is 302 g/mol. The van der Waals surface area contributed by atoms with Crippen molar-refractivity contribution in [3.8, 4) is 0 Å². The van der Waals surface area contributed by atoms with Crippen molar-refractivity contribution >= 4 is 5.97 Å². The van der Waals surface area contributed by atoms with Crippen molar-refractivity contribution in [2.24, 2.45) is 11.3 Å². The van der Waals surface area contributed by atoms with Crippen LogP contribution in [-0.2, 0) is 16.0 Å². The maximum atomic E-state index is 11.9. The molecule has 1 aromatic carbocycles. The lowest BCUT2D eigenvalue weighted by atomic mass is 9.74. The van der Waals surface area contributed by atoms with Crippen LogP contribution in [-0.4, -0.2) is 48.8 Å². The zero-order chi connectivity index (χ0) is 16.8. The molecule has 0 aromatic heterocycles. The van der Waals surface area contributed by atoms with Crippen LogP contribution in [0.3, 0.4) is 0 Å². The van der Waals surface area contributed by atoms with Crippen molar-refractivity contribution in [1.29, 1.82) is 0 Å². The summed E-state index contributed by atoms with van der Waals surface area (Å²) < 4.78 is 5.45. The highest BCUT2D eigenvalue weighted by atomic mass is 16.5. The zero-order valence-electron chi connectivity index (χ0n) is 14.5. The number of aryl methyl sites for hydroxylation is 1.